The number of rotatable bonds is 3. The first-order valence-corrected chi connectivity index (χ1v) is 7.90. The van der Waals surface area contributed by atoms with Gasteiger partial charge in [0.05, 0.1) is 6.54 Å². The molecule has 0 spiro atoms. The van der Waals surface area contributed by atoms with Gasteiger partial charge in [0.25, 0.3) is 0 Å². The van der Waals surface area contributed by atoms with E-state index in [1.807, 2.05) is 0 Å². The topological polar surface area (TPSA) is 60.0 Å². The fraction of sp³-hybridized carbons (Fsp3) is 0.867. The Morgan fingerprint density at radius 1 is 1.29 bits per heavy atom. The van der Waals surface area contributed by atoms with Crippen LogP contribution >= 0.6 is 0 Å². The van der Waals surface area contributed by atoms with Crippen LogP contribution in [0.25, 0.3) is 0 Å². The molecule has 2 atom stereocenters. The van der Waals surface area contributed by atoms with Gasteiger partial charge in [-0.1, -0.05) is 6.42 Å². The van der Waals surface area contributed by atoms with Crippen molar-refractivity contribution in [1.82, 2.24) is 20.4 Å². The van der Waals surface area contributed by atoms with Gasteiger partial charge in [-0.15, -0.1) is 0 Å². The van der Waals surface area contributed by atoms with Gasteiger partial charge in [0.2, 0.25) is 5.91 Å². The van der Waals surface area contributed by atoms with Gasteiger partial charge in [0.15, 0.2) is 5.96 Å². The Morgan fingerprint density at radius 3 is 2.43 bits per heavy atom. The zero-order valence-electron chi connectivity index (χ0n) is 13.7. The number of aliphatic imine (C=N–C) groups is 1. The Labute approximate surface area is 128 Å². The standard InChI is InChI=1S/C15H29N5O/c1-16-15(17-10-14(21)19(2)3)18-11-8-12-6-5-7-13(9-11)20(12)4/h11-13H,5-10H2,1-4H3,(H2,16,17,18). The number of piperidine rings is 2. The van der Waals surface area contributed by atoms with Crippen molar-refractivity contribution in [3.05, 3.63) is 0 Å². The molecule has 0 radical (unpaired) electrons. The summed E-state index contributed by atoms with van der Waals surface area (Å²) < 4.78 is 0. The van der Waals surface area contributed by atoms with Crippen LogP contribution in [0.5, 0.6) is 0 Å². The molecule has 0 aromatic rings. The minimum atomic E-state index is 0.0539. The molecule has 21 heavy (non-hydrogen) atoms. The predicted molar refractivity (Wildman–Crippen MR) is 85.4 cm³/mol. The zero-order chi connectivity index (χ0) is 15.4. The van der Waals surface area contributed by atoms with Crippen LogP contribution in [0.15, 0.2) is 4.99 Å². The summed E-state index contributed by atoms with van der Waals surface area (Å²) in [6.45, 7) is 0.284. The Kier molecular flexibility index (Phi) is 5.45. The summed E-state index contributed by atoms with van der Waals surface area (Å²) in [5.41, 5.74) is 0. The molecule has 2 rings (SSSR count). The van der Waals surface area contributed by atoms with E-state index < -0.39 is 0 Å². The highest BCUT2D eigenvalue weighted by atomic mass is 16.2. The highest BCUT2D eigenvalue weighted by Gasteiger charge is 2.36. The largest absolute Gasteiger partial charge is 0.354 e. The van der Waals surface area contributed by atoms with Crippen LogP contribution < -0.4 is 10.6 Å². The summed E-state index contributed by atoms with van der Waals surface area (Å²) in [4.78, 5) is 20.0. The second-order valence-electron chi connectivity index (χ2n) is 6.43. The average molecular weight is 295 g/mol. The quantitative estimate of drug-likeness (QED) is 0.579. The highest BCUT2D eigenvalue weighted by Crippen LogP contribution is 2.32. The molecule has 2 saturated heterocycles. The van der Waals surface area contributed by atoms with Gasteiger partial charge in [-0.2, -0.15) is 0 Å². The molecule has 0 aliphatic carbocycles. The lowest BCUT2D eigenvalue weighted by Gasteiger charge is -2.47. The molecular weight excluding hydrogens is 266 g/mol. The third kappa shape index (κ3) is 4.09. The van der Waals surface area contributed by atoms with E-state index in [-0.39, 0.29) is 12.5 Å². The summed E-state index contributed by atoms with van der Waals surface area (Å²) in [6.07, 6.45) is 6.29. The molecule has 0 aromatic heterocycles. The number of hydrogen-bond acceptors (Lipinski definition) is 3. The molecule has 2 aliphatic heterocycles. The van der Waals surface area contributed by atoms with Gasteiger partial charge in [-0.3, -0.25) is 9.79 Å². The Bertz CT molecular complexity index is 382. The van der Waals surface area contributed by atoms with Crippen LogP contribution in [0.1, 0.15) is 32.1 Å². The van der Waals surface area contributed by atoms with Crippen molar-refractivity contribution in [3.8, 4) is 0 Å². The number of nitrogens with one attached hydrogen (secondary N) is 2. The molecule has 1 amide bonds. The van der Waals surface area contributed by atoms with Crippen LogP contribution in [-0.2, 0) is 4.79 Å². The maximum Gasteiger partial charge on any atom is 0.241 e. The number of likely N-dealkylation sites (N-methyl/N-ethyl adjacent to an activating group) is 1. The number of amides is 1. The molecular formula is C15H29N5O. The van der Waals surface area contributed by atoms with E-state index in [4.69, 9.17) is 0 Å². The van der Waals surface area contributed by atoms with E-state index in [1.165, 1.54) is 19.3 Å². The smallest absolute Gasteiger partial charge is 0.241 e. The molecule has 0 aromatic carbocycles. The maximum atomic E-state index is 11.6. The lowest BCUT2D eigenvalue weighted by Crippen LogP contribution is -2.57. The van der Waals surface area contributed by atoms with Gasteiger partial charge >= 0.3 is 0 Å². The summed E-state index contributed by atoms with van der Waals surface area (Å²) >= 11 is 0. The van der Waals surface area contributed by atoms with E-state index in [0.717, 1.165) is 18.8 Å². The number of hydrogen-bond donors (Lipinski definition) is 2. The van der Waals surface area contributed by atoms with Crippen molar-refractivity contribution in [2.45, 2.75) is 50.2 Å². The predicted octanol–water partition coefficient (Wildman–Crippen LogP) is 0.255. The van der Waals surface area contributed by atoms with Crippen molar-refractivity contribution in [2.75, 3.05) is 34.7 Å². The summed E-state index contributed by atoms with van der Waals surface area (Å²) in [6, 6.07) is 1.84. The van der Waals surface area contributed by atoms with E-state index in [9.17, 15) is 4.79 Å². The minimum absolute atomic E-state index is 0.0539. The van der Waals surface area contributed by atoms with E-state index in [1.54, 1.807) is 26.0 Å². The second kappa shape index (κ2) is 7.11. The SMILES string of the molecule is CN=C(NCC(=O)N(C)C)NC1CC2CCCC(C1)N2C. The lowest BCUT2D eigenvalue weighted by atomic mass is 9.82. The molecule has 2 aliphatic rings. The number of nitrogens with zero attached hydrogens (tertiary/aromatic N) is 3. The van der Waals surface area contributed by atoms with E-state index in [2.05, 4.69) is 27.6 Å². The van der Waals surface area contributed by atoms with Crippen molar-refractivity contribution in [1.29, 1.82) is 0 Å². The van der Waals surface area contributed by atoms with E-state index >= 15 is 0 Å². The molecule has 2 bridgehead atoms. The number of carbonyl (C=O) groups is 1. The Hall–Kier alpha value is -1.30. The fourth-order valence-electron chi connectivity index (χ4n) is 3.44. The van der Waals surface area contributed by atoms with Gasteiger partial charge in [0, 0.05) is 39.3 Å². The second-order valence-corrected chi connectivity index (χ2v) is 6.43. The zero-order valence-corrected chi connectivity index (χ0v) is 13.7. The number of carbonyl (C=O) groups excluding carboxylic acids is 1. The fourth-order valence-corrected chi connectivity index (χ4v) is 3.44. The third-order valence-corrected chi connectivity index (χ3v) is 4.81. The van der Waals surface area contributed by atoms with Crippen LogP contribution in [0, 0.1) is 0 Å². The molecule has 2 heterocycles. The van der Waals surface area contributed by atoms with Crippen molar-refractivity contribution >= 4 is 11.9 Å². The first-order chi connectivity index (χ1) is 10.0. The molecule has 2 N–H and O–H groups in total. The van der Waals surface area contributed by atoms with Gasteiger partial charge < -0.3 is 20.4 Å². The van der Waals surface area contributed by atoms with Gasteiger partial charge in [0.1, 0.15) is 0 Å². The molecule has 2 unspecified atom stereocenters. The van der Waals surface area contributed by atoms with Crippen LogP contribution in [-0.4, -0.2) is 74.5 Å². The minimum Gasteiger partial charge on any atom is -0.354 e. The lowest BCUT2D eigenvalue weighted by molar-refractivity contribution is -0.127. The Balaban J connectivity index is 1.84. The third-order valence-electron chi connectivity index (χ3n) is 4.81. The molecule has 6 heteroatoms. The van der Waals surface area contributed by atoms with Crippen LogP contribution in [0.4, 0.5) is 0 Å². The van der Waals surface area contributed by atoms with Crippen LogP contribution in [0.2, 0.25) is 0 Å². The Morgan fingerprint density at radius 2 is 1.90 bits per heavy atom. The van der Waals surface area contributed by atoms with Crippen LogP contribution in [0.3, 0.4) is 0 Å². The highest BCUT2D eigenvalue weighted by molar-refractivity contribution is 5.86. The number of fused-ring (bicyclic) bond motifs is 2. The van der Waals surface area contributed by atoms with Gasteiger partial charge in [-0.05, 0) is 32.7 Å². The molecule has 0 saturated carbocycles. The first kappa shape index (κ1) is 16.1. The van der Waals surface area contributed by atoms with E-state index in [0.29, 0.717) is 18.1 Å². The summed E-state index contributed by atoms with van der Waals surface area (Å²) in [5, 5.41) is 6.60. The van der Waals surface area contributed by atoms with Crippen molar-refractivity contribution < 1.29 is 4.79 Å². The molecule has 120 valence electrons. The summed E-state index contributed by atoms with van der Waals surface area (Å²) in [5.74, 6) is 0.788. The molecule has 6 nitrogen and oxygen atoms in total. The van der Waals surface area contributed by atoms with Crippen molar-refractivity contribution in [3.63, 3.8) is 0 Å². The molecule has 2 fully saturated rings. The first-order valence-electron chi connectivity index (χ1n) is 7.90. The monoisotopic (exact) mass is 295 g/mol. The number of guanidine groups is 1. The average Bonchev–Trinajstić information content (AvgIpc) is 2.43. The maximum absolute atomic E-state index is 11.6. The normalized spacial score (nSPS) is 29.9. The summed E-state index contributed by atoms with van der Waals surface area (Å²) in [7, 11) is 7.54. The van der Waals surface area contributed by atoms with Gasteiger partial charge in [-0.25, -0.2) is 0 Å². The van der Waals surface area contributed by atoms with Crippen molar-refractivity contribution in [2.24, 2.45) is 4.99 Å².